The summed E-state index contributed by atoms with van der Waals surface area (Å²) in [7, 11) is 0. The van der Waals surface area contributed by atoms with Crippen molar-refractivity contribution in [3.63, 3.8) is 0 Å². The van der Waals surface area contributed by atoms with Gasteiger partial charge >= 0.3 is 6.18 Å². The van der Waals surface area contributed by atoms with E-state index in [2.05, 4.69) is 22.5 Å². The van der Waals surface area contributed by atoms with Crippen molar-refractivity contribution in [1.29, 1.82) is 0 Å². The van der Waals surface area contributed by atoms with E-state index in [9.17, 15) is 13.2 Å². The van der Waals surface area contributed by atoms with E-state index in [1.807, 2.05) is 6.92 Å². The van der Waals surface area contributed by atoms with Crippen LogP contribution in [0.5, 0.6) is 0 Å². The number of halogens is 3. The van der Waals surface area contributed by atoms with Gasteiger partial charge in [0.25, 0.3) is 0 Å². The van der Waals surface area contributed by atoms with Crippen LogP contribution in [0, 0.1) is 5.92 Å². The van der Waals surface area contributed by atoms with Gasteiger partial charge < -0.3 is 10.6 Å². The quantitative estimate of drug-likeness (QED) is 0.578. The van der Waals surface area contributed by atoms with Gasteiger partial charge in [0.15, 0.2) is 5.96 Å². The normalized spacial score (nSPS) is 25.4. The lowest BCUT2D eigenvalue weighted by atomic mass is 10.4. The molecule has 1 rings (SSSR count). The molecule has 1 fully saturated rings. The standard InChI is InChI=1S/C10H18F3N3/c1-3-14-9(16-8-6-7(8)2)15-5-4-10(11,12)13/h7-8H,3-6H2,1-2H3,(H2,14,15,16). The highest BCUT2D eigenvalue weighted by atomic mass is 19.4. The molecule has 0 heterocycles. The summed E-state index contributed by atoms with van der Waals surface area (Å²) in [5.74, 6) is 1.08. The lowest BCUT2D eigenvalue weighted by Gasteiger charge is -2.11. The number of alkyl halides is 3. The lowest BCUT2D eigenvalue weighted by molar-refractivity contribution is -0.132. The summed E-state index contributed by atoms with van der Waals surface area (Å²) in [4.78, 5) is 3.89. The van der Waals surface area contributed by atoms with Gasteiger partial charge in [-0.1, -0.05) is 6.92 Å². The highest BCUT2D eigenvalue weighted by molar-refractivity contribution is 5.80. The van der Waals surface area contributed by atoms with Gasteiger partial charge in [0, 0.05) is 12.6 Å². The van der Waals surface area contributed by atoms with Crippen LogP contribution in [-0.2, 0) is 0 Å². The van der Waals surface area contributed by atoms with Gasteiger partial charge in [-0.2, -0.15) is 13.2 Å². The van der Waals surface area contributed by atoms with E-state index in [-0.39, 0.29) is 6.54 Å². The van der Waals surface area contributed by atoms with Gasteiger partial charge in [-0.3, -0.25) is 4.99 Å². The van der Waals surface area contributed by atoms with Crippen molar-refractivity contribution in [2.75, 3.05) is 13.1 Å². The Bertz CT molecular complexity index is 250. The second kappa shape index (κ2) is 5.41. The van der Waals surface area contributed by atoms with Crippen LogP contribution in [0.3, 0.4) is 0 Å². The summed E-state index contributed by atoms with van der Waals surface area (Å²) >= 11 is 0. The van der Waals surface area contributed by atoms with Crippen LogP contribution in [0.15, 0.2) is 4.99 Å². The number of aliphatic imine (C=N–C) groups is 1. The first-order valence-electron chi connectivity index (χ1n) is 5.54. The van der Waals surface area contributed by atoms with E-state index in [1.165, 1.54) is 0 Å². The lowest BCUT2D eigenvalue weighted by Crippen LogP contribution is -2.39. The van der Waals surface area contributed by atoms with E-state index in [0.717, 1.165) is 6.42 Å². The molecule has 1 aliphatic carbocycles. The highest BCUT2D eigenvalue weighted by Crippen LogP contribution is 2.28. The Morgan fingerprint density at radius 3 is 2.50 bits per heavy atom. The molecular weight excluding hydrogens is 219 g/mol. The zero-order chi connectivity index (χ0) is 12.2. The van der Waals surface area contributed by atoms with Crippen LogP contribution in [-0.4, -0.2) is 31.3 Å². The number of guanidine groups is 1. The van der Waals surface area contributed by atoms with Crippen LogP contribution in [0.2, 0.25) is 0 Å². The molecule has 3 nitrogen and oxygen atoms in total. The van der Waals surface area contributed by atoms with Gasteiger partial charge in [-0.15, -0.1) is 0 Å². The maximum atomic E-state index is 11.9. The summed E-state index contributed by atoms with van der Waals surface area (Å²) in [6.07, 6.45) is -3.94. The van der Waals surface area contributed by atoms with Crippen molar-refractivity contribution >= 4 is 5.96 Å². The summed E-state index contributed by atoms with van der Waals surface area (Å²) in [6.45, 7) is 4.41. The Labute approximate surface area is 93.5 Å². The number of nitrogens with zero attached hydrogens (tertiary/aromatic N) is 1. The van der Waals surface area contributed by atoms with Crippen LogP contribution < -0.4 is 10.6 Å². The third-order valence-electron chi connectivity index (χ3n) is 2.44. The van der Waals surface area contributed by atoms with Crippen molar-refractivity contribution in [3.05, 3.63) is 0 Å². The molecule has 0 aromatic heterocycles. The van der Waals surface area contributed by atoms with Crippen LogP contribution in [0.25, 0.3) is 0 Å². The van der Waals surface area contributed by atoms with E-state index < -0.39 is 12.6 Å². The summed E-state index contributed by atoms with van der Waals surface area (Å²) in [5.41, 5.74) is 0. The first-order chi connectivity index (χ1) is 7.42. The number of hydrogen-bond donors (Lipinski definition) is 2. The smallest absolute Gasteiger partial charge is 0.357 e. The third-order valence-corrected chi connectivity index (χ3v) is 2.44. The Balaban J connectivity index is 2.33. The van der Waals surface area contributed by atoms with Crippen LogP contribution in [0.1, 0.15) is 26.7 Å². The molecule has 0 radical (unpaired) electrons. The molecule has 2 atom stereocenters. The fourth-order valence-corrected chi connectivity index (χ4v) is 1.31. The molecular formula is C10H18F3N3. The van der Waals surface area contributed by atoms with Gasteiger partial charge in [0.2, 0.25) is 0 Å². The minimum atomic E-state index is -4.13. The Morgan fingerprint density at radius 1 is 1.44 bits per heavy atom. The molecule has 1 aliphatic rings. The molecule has 0 amide bonds. The SMILES string of the molecule is CCNC(=NCCC(F)(F)F)NC1CC1C. The van der Waals surface area contributed by atoms with Gasteiger partial charge in [0.05, 0.1) is 13.0 Å². The largest absolute Gasteiger partial charge is 0.390 e. The van der Waals surface area contributed by atoms with Gasteiger partial charge in [0.1, 0.15) is 0 Å². The van der Waals surface area contributed by atoms with Crippen LogP contribution >= 0.6 is 0 Å². The monoisotopic (exact) mass is 237 g/mol. The molecule has 0 aliphatic heterocycles. The number of hydrogen-bond acceptors (Lipinski definition) is 1. The minimum absolute atomic E-state index is 0.222. The average molecular weight is 237 g/mol. The zero-order valence-corrected chi connectivity index (χ0v) is 9.56. The van der Waals surface area contributed by atoms with E-state index in [0.29, 0.717) is 24.5 Å². The maximum Gasteiger partial charge on any atom is 0.390 e. The molecule has 2 unspecified atom stereocenters. The summed E-state index contributed by atoms with van der Waals surface area (Å²) in [6, 6.07) is 0.365. The second-order valence-electron chi connectivity index (χ2n) is 4.09. The van der Waals surface area contributed by atoms with Gasteiger partial charge in [-0.05, 0) is 19.3 Å². The van der Waals surface area contributed by atoms with E-state index in [4.69, 9.17) is 0 Å². The predicted octanol–water partition coefficient (Wildman–Crippen LogP) is 1.90. The van der Waals surface area contributed by atoms with Gasteiger partial charge in [-0.25, -0.2) is 0 Å². The molecule has 1 saturated carbocycles. The number of rotatable bonds is 4. The van der Waals surface area contributed by atoms with E-state index in [1.54, 1.807) is 0 Å². The predicted molar refractivity (Wildman–Crippen MR) is 57.4 cm³/mol. The Morgan fingerprint density at radius 2 is 2.06 bits per heavy atom. The fourth-order valence-electron chi connectivity index (χ4n) is 1.31. The van der Waals surface area contributed by atoms with E-state index >= 15 is 0 Å². The van der Waals surface area contributed by atoms with Crippen LogP contribution in [0.4, 0.5) is 13.2 Å². The number of nitrogens with one attached hydrogen (secondary N) is 2. The Hall–Kier alpha value is -0.940. The first-order valence-corrected chi connectivity index (χ1v) is 5.54. The third kappa shape index (κ3) is 5.23. The minimum Gasteiger partial charge on any atom is -0.357 e. The highest BCUT2D eigenvalue weighted by Gasteiger charge is 2.33. The molecule has 0 aromatic carbocycles. The average Bonchev–Trinajstić information content (AvgIpc) is 2.79. The van der Waals surface area contributed by atoms with Crippen molar-refractivity contribution in [2.45, 2.75) is 38.9 Å². The van der Waals surface area contributed by atoms with Crippen molar-refractivity contribution in [1.82, 2.24) is 10.6 Å². The summed E-state index contributed by atoms with van der Waals surface area (Å²) < 4.78 is 35.8. The van der Waals surface area contributed by atoms with Crippen molar-refractivity contribution in [2.24, 2.45) is 10.9 Å². The molecule has 6 heteroatoms. The molecule has 0 aromatic rings. The maximum absolute atomic E-state index is 11.9. The first kappa shape index (κ1) is 13.1. The molecule has 2 N–H and O–H groups in total. The van der Waals surface area contributed by atoms with Crippen molar-refractivity contribution in [3.8, 4) is 0 Å². The summed E-state index contributed by atoms with van der Waals surface area (Å²) in [5, 5.41) is 6.03. The Kier molecular flexibility index (Phi) is 4.44. The second-order valence-corrected chi connectivity index (χ2v) is 4.09. The molecule has 0 saturated heterocycles. The molecule has 94 valence electrons. The molecule has 0 spiro atoms. The topological polar surface area (TPSA) is 36.4 Å². The van der Waals surface area contributed by atoms with Crippen molar-refractivity contribution < 1.29 is 13.2 Å². The molecule has 0 bridgehead atoms. The fraction of sp³-hybridized carbons (Fsp3) is 0.900. The zero-order valence-electron chi connectivity index (χ0n) is 9.56. The molecule has 16 heavy (non-hydrogen) atoms.